The fourth-order valence-electron chi connectivity index (χ4n) is 7.37. The molecule has 0 spiro atoms. The van der Waals surface area contributed by atoms with E-state index in [1.54, 1.807) is 39.2 Å². The maximum atomic E-state index is 14.2. The van der Waals surface area contributed by atoms with E-state index in [0.29, 0.717) is 30.6 Å². The number of halogens is 3. The fraction of sp³-hybridized carbons (Fsp3) is 0.500. The Morgan fingerprint density at radius 1 is 0.913 bits per heavy atom. The Morgan fingerprint density at radius 2 is 1.54 bits per heavy atom. The van der Waals surface area contributed by atoms with E-state index in [-0.39, 0.29) is 26.9 Å². The maximum Gasteiger partial charge on any atom is 0.416 e. The van der Waals surface area contributed by atoms with E-state index >= 15 is 0 Å². The molecule has 5 nitrogen and oxygen atoms in total. The van der Waals surface area contributed by atoms with Gasteiger partial charge in [0.2, 0.25) is 16.5 Å². The average molecular weight is 636 g/mol. The Labute approximate surface area is 269 Å². The van der Waals surface area contributed by atoms with Crippen molar-refractivity contribution < 1.29 is 22.5 Å². The van der Waals surface area contributed by atoms with Crippen molar-refractivity contribution in [3.05, 3.63) is 84.0 Å². The Kier molecular flexibility index (Phi) is 8.67. The van der Waals surface area contributed by atoms with Crippen molar-refractivity contribution in [2.45, 2.75) is 91.3 Å². The number of ether oxygens (including phenoxy) is 1. The first-order valence-corrected chi connectivity index (χ1v) is 16.3. The molecule has 1 atom stereocenters. The average Bonchev–Trinajstić information content (AvgIpc) is 3.33. The molecule has 0 fully saturated rings. The Balaban J connectivity index is 1.66. The van der Waals surface area contributed by atoms with Crippen molar-refractivity contribution in [2.75, 3.05) is 25.1 Å². The van der Waals surface area contributed by atoms with E-state index in [4.69, 9.17) is 4.74 Å². The van der Waals surface area contributed by atoms with Gasteiger partial charge < -0.3 is 9.64 Å². The molecular weight excluding hydrogens is 589 g/mol. The predicted octanol–water partition coefficient (Wildman–Crippen LogP) is 6.21. The van der Waals surface area contributed by atoms with Gasteiger partial charge in [-0.3, -0.25) is 9.59 Å². The van der Waals surface area contributed by atoms with E-state index in [1.807, 2.05) is 23.1 Å². The first-order valence-electron chi connectivity index (χ1n) is 16.3. The highest BCUT2D eigenvalue weighted by molar-refractivity contribution is 6.15. The molecule has 3 aromatic carbocycles. The van der Waals surface area contributed by atoms with Gasteiger partial charge in [-0.1, -0.05) is 53.7 Å². The summed E-state index contributed by atoms with van der Waals surface area (Å²) in [5, 5.41) is 0.147. The Hall–Kier alpha value is -3.68. The van der Waals surface area contributed by atoms with E-state index in [9.17, 15) is 22.8 Å². The molecule has 0 amide bonds. The molecule has 1 unspecified atom stereocenters. The molecule has 2 heterocycles. The highest BCUT2D eigenvalue weighted by Crippen LogP contribution is 2.51. The zero-order valence-corrected chi connectivity index (χ0v) is 28.4. The third kappa shape index (κ3) is 5.51. The van der Waals surface area contributed by atoms with Gasteiger partial charge in [-0.15, -0.1) is 0 Å². The fourth-order valence-corrected chi connectivity index (χ4v) is 7.37. The van der Waals surface area contributed by atoms with E-state index in [1.165, 1.54) is 6.07 Å². The zero-order valence-electron chi connectivity index (χ0n) is 28.4. The normalized spacial score (nSPS) is 18.5. The third-order valence-electron chi connectivity index (χ3n) is 9.91. The largest absolute Gasteiger partial charge is 0.496 e. The minimum Gasteiger partial charge on any atom is -0.496 e. The SMILES string of the molecule is COc1cccc2c1C(C)(C)C(C=c1c(=O)c(=CC3N(CCC(C)C)c4cccc(C(F)(F)F)c4C3(C)C)c1=O)=[N+]2CCC(C)C. The molecule has 8 heteroatoms. The van der Waals surface area contributed by atoms with Crippen LogP contribution in [0, 0.1) is 11.8 Å². The topological polar surface area (TPSA) is 49.6 Å². The summed E-state index contributed by atoms with van der Waals surface area (Å²) in [4.78, 5) is 29.5. The standard InChI is InChI=1S/C38H46F3N2O3/c1-22(2)16-18-42-27-13-10-12-26(38(39,40)41)32(27)36(5,6)30(42)20-24-34(44)25(35(24)45)21-31-37(7,8)33-28(14-11-15-29(33)46-9)43(31)19-17-23(3)4/h10-15,20-23,30H,16-19H2,1-9H3/q+1. The minimum absolute atomic E-state index is 0.0421. The van der Waals surface area contributed by atoms with E-state index < -0.39 is 28.6 Å². The number of alkyl halides is 3. The van der Waals surface area contributed by atoms with Crippen LogP contribution in [0.1, 0.15) is 84.9 Å². The molecule has 0 saturated carbocycles. The first-order chi connectivity index (χ1) is 21.4. The number of fused-ring (bicyclic) bond motifs is 2. The lowest BCUT2D eigenvalue weighted by molar-refractivity contribution is -0.438. The second kappa shape index (κ2) is 11.8. The van der Waals surface area contributed by atoms with Crippen LogP contribution in [0.15, 0.2) is 46.0 Å². The van der Waals surface area contributed by atoms with Gasteiger partial charge >= 0.3 is 6.18 Å². The smallest absolute Gasteiger partial charge is 0.416 e. The van der Waals surface area contributed by atoms with Crippen LogP contribution in [0.3, 0.4) is 0 Å². The number of hydrogen-bond donors (Lipinski definition) is 0. The van der Waals surface area contributed by atoms with Crippen molar-refractivity contribution >= 4 is 29.2 Å². The molecule has 46 heavy (non-hydrogen) atoms. The molecule has 5 rings (SSSR count). The number of nitrogens with zero attached hydrogens (tertiary/aromatic N) is 2. The van der Waals surface area contributed by atoms with Gasteiger partial charge in [0.05, 0.1) is 40.1 Å². The maximum absolute atomic E-state index is 14.2. The monoisotopic (exact) mass is 635 g/mol. The quantitative estimate of drug-likeness (QED) is 0.263. The Bertz CT molecular complexity index is 1860. The number of anilines is 1. The Morgan fingerprint density at radius 3 is 2.13 bits per heavy atom. The van der Waals surface area contributed by atoms with Crippen LogP contribution in [0.2, 0.25) is 0 Å². The summed E-state index contributed by atoms with van der Waals surface area (Å²) in [7, 11) is 1.64. The van der Waals surface area contributed by atoms with Crippen LogP contribution < -0.4 is 30.9 Å². The van der Waals surface area contributed by atoms with Crippen LogP contribution in [0.25, 0.3) is 12.2 Å². The minimum atomic E-state index is -4.53. The van der Waals surface area contributed by atoms with Gasteiger partial charge in [0.15, 0.2) is 5.71 Å². The van der Waals surface area contributed by atoms with Crippen molar-refractivity contribution in [1.29, 1.82) is 0 Å². The van der Waals surface area contributed by atoms with Crippen LogP contribution in [-0.2, 0) is 17.0 Å². The second-order valence-corrected chi connectivity index (χ2v) is 14.7. The van der Waals surface area contributed by atoms with Crippen LogP contribution in [0.5, 0.6) is 5.75 Å². The summed E-state index contributed by atoms with van der Waals surface area (Å²) >= 11 is 0. The lowest BCUT2D eigenvalue weighted by atomic mass is 9.77. The lowest BCUT2D eigenvalue weighted by Gasteiger charge is -2.33. The number of benzene rings is 2. The number of methoxy groups -OCH3 is 1. The molecule has 0 N–H and O–H groups in total. The molecule has 3 aromatic rings. The van der Waals surface area contributed by atoms with Crippen LogP contribution in [0.4, 0.5) is 24.5 Å². The molecule has 0 aromatic heterocycles. The molecule has 0 saturated heterocycles. The summed E-state index contributed by atoms with van der Waals surface area (Å²) in [5.74, 6) is 1.52. The summed E-state index contributed by atoms with van der Waals surface area (Å²) in [5.41, 5.74) is 0.625. The molecule has 0 radical (unpaired) electrons. The highest BCUT2D eigenvalue weighted by Gasteiger charge is 2.50. The first kappa shape index (κ1) is 33.7. The predicted molar refractivity (Wildman–Crippen MR) is 180 cm³/mol. The third-order valence-corrected chi connectivity index (χ3v) is 9.91. The summed E-state index contributed by atoms with van der Waals surface area (Å²) in [6, 6.07) is 9.60. The lowest BCUT2D eigenvalue weighted by Crippen LogP contribution is -2.66. The van der Waals surface area contributed by atoms with Gasteiger partial charge in [-0.25, -0.2) is 0 Å². The van der Waals surface area contributed by atoms with Gasteiger partial charge in [0.25, 0.3) is 0 Å². The summed E-state index contributed by atoms with van der Waals surface area (Å²) < 4.78 is 50.6. The van der Waals surface area contributed by atoms with Crippen molar-refractivity contribution in [3.8, 4) is 5.75 Å². The van der Waals surface area contributed by atoms with E-state index in [0.717, 1.165) is 41.6 Å². The van der Waals surface area contributed by atoms with Crippen LogP contribution in [-0.4, -0.2) is 36.5 Å². The molecule has 2 aliphatic heterocycles. The van der Waals surface area contributed by atoms with Gasteiger partial charge in [0, 0.05) is 36.2 Å². The molecule has 2 aliphatic rings. The second-order valence-electron chi connectivity index (χ2n) is 14.7. The number of hydrogen-bond acceptors (Lipinski definition) is 4. The van der Waals surface area contributed by atoms with Crippen molar-refractivity contribution in [1.82, 2.24) is 0 Å². The molecule has 0 aliphatic carbocycles. The summed E-state index contributed by atoms with van der Waals surface area (Å²) in [6.45, 7) is 17.4. The summed E-state index contributed by atoms with van der Waals surface area (Å²) in [6.07, 6.45) is 0.493. The highest BCUT2D eigenvalue weighted by atomic mass is 19.4. The number of rotatable bonds is 9. The van der Waals surface area contributed by atoms with Gasteiger partial charge in [-0.05, 0) is 61.9 Å². The molecule has 246 valence electrons. The van der Waals surface area contributed by atoms with Crippen LogP contribution >= 0.6 is 0 Å². The van der Waals surface area contributed by atoms with E-state index in [2.05, 4.69) is 46.1 Å². The van der Waals surface area contributed by atoms with Crippen molar-refractivity contribution in [3.63, 3.8) is 0 Å². The van der Waals surface area contributed by atoms with Gasteiger partial charge in [-0.2, -0.15) is 17.7 Å². The molecular formula is C38H46F3N2O3+. The zero-order chi connectivity index (χ0) is 33.9. The molecule has 0 bridgehead atoms. The van der Waals surface area contributed by atoms with Gasteiger partial charge in [0.1, 0.15) is 12.3 Å². The van der Waals surface area contributed by atoms with Crippen molar-refractivity contribution in [2.24, 2.45) is 11.8 Å².